The van der Waals surface area contributed by atoms with Crippen LogP contribution in [0.4, 0.5) is 5.82 Å². The molecule has 1 aliphatic rings. The Morgan fingerprint density at radius 1 is 1.21 bits per heavy atom. The first kappa shape index (κ1) is 19.9. The molecular formula is C21H28N4O3. The molecule has 28 heavy (non-hydrogen) atoms. The number of nitrogens with zero attached hydrogens (tertiary/aromatic N) is 3. The number of aromatic nitrogens is 1. The Labute approximate surface area is 166 Å². The summed E-state index contributed by atoms with van der Waals surface area (Å²) in [6.07, 6.45) is 2.67. The molecule has 3 rings (SSSR count). The number of carbonyl (C=O) groups excluding carboxylic acids is 1. The largest absolute Gasteiger partial charge is 0.497 e. The molecule has 1 aromatic heterocycles. The number of anilines is 1. The molecule has 7 heteroatoms. The first-order valence-corrected chi connectivity index (χ1v) is 9.37. The standard InChI is InChI=1S/C21H28N4O3/c1-24(2)21(26)16-5-6-20(22-12-16)23-17-7-8-25(14-17)13-15-9-18(27-3)11-19(10-15)28-4/h5-6,9-12,17H,7-8,13-14H2,1-4H3,(H,22,23). The average Bonchev–Trinajstić information content (AvgIpc) is 3.14. The van der Waals surface area contributed by atoms with Gasteiger partial charge in [-0.1, -0.05) is 0 Å². The third-order valence-corrected chi connectivity index (χ3v) is 4.86. The SMILES string of the molecule is COc1cc(CN2CCC(Nc3ccc(C(=O)N(C)C)cn3)C2)cc(OC)c1. The second-order valence-electron chi connectivity index (χ2n) is 7.22. The molecule has 0 saturated carbocycles. The van der Waals surface area contributed by atoms with Crippen LogP contribution in [0.3, 0.4) is 0 Å². The van der Waals surface area contributed by atoms with Gasteiger partial charge < -0.3 is 19.7 Å². The molecule has 150 valence electrons. The van der Waals surface area contributed by atoms with Gasteiger partial charge >= 0.3 is 0 Å². The molecule has 1 atom stereocenters. The Hall–Kier alpha value is -2.80. The van der Waals surface area contributed by atoms with Crippen molar-refractivity contribution in [2.75, 3.05) is 46.7 Å². The van der Waals surface area contributed by atoms with Crippen LogP contribution < -0.4 is 14.8 Å². The number of methoxy groups -OCH3 is 2. The number of benzene rings is 1. The zero-order chi connectivity index (χ0) is 20.1. The highest BCUT2D eigenvalue weighted by Crippen LogP contribution is 2.25. The Morgan fingerprint density at radius 2 is 1.93 bits per heavy atom. The Kier molecular flexibility index (Phi) is 6.36. The van der Waals surface area contributed by atoms with Crippen LogP contribution in [0, 0.1) is 0 Å². The molecule has 1 aromatic carbocycles. The van der Waals surface area contributed by atoms with E-state index in [0.29, 0.717) is 11.6 Å². The van der Waals surface area contributed by atoms with Gasteiger partial charge in [-0.2, -0.15) is 0 Å². The highest BCUT2D eigenvalue weighted by molar-refractivity contribution is 5.93. The van der Waals surface area contributed by atoms with Gasteiger partial charge in [0.25, 0.3) is 5.91 Å². The molecule has 2 heterocycles. The van der Waals surface area contributed by atoms with E-state index in [4.69, 9.17) is 9.47 Å². The molecule has 2 aromatic rings. The van der Waals surface area contributed by atoms with Crippen LogP contribution in [-0.4, -0.2) is 68.1 Å². The first-order valence-electron chi connectivity index (χ1n) is 9.37. The van der Waals surface area contributed by atoms with Gasteiger partial charge in [-0.3, -0.25) is 9.69 Å². The number of rotatable bonds is 7. The highest BCUT2D eigenvalue weighted by atomic mass is 16.5. The van der Waals surface area contributed by atoms with Gasteiger partial charge in [0, 0.05) is 52.0 Å². The summed E-state index contributed by atoms with van der Waals surface area (Å²) >= 11 is 0. The maximum Gasteiger partial charge on any atom is 0.254 e. The van der Waals surface area contributed by atoms with E-state index in [-0.39, 0.29) is 5.91 Å². The topological polar surface area (TPSA) is 66.9 Å². The summed E-state index contributed by atoms with van der Waals surface area (Å²) in [7, 11) is 6.80. The predicted octanol–water partition coefficient (Wildman–Crippen LogP) is 2.49. The first-order chi connectivity index (χ1) is 13.5. The number of amides is 1. The van der Waals surface area contributed by atoms with Crippen molar-refractivity contribution in [3.8, 4) is 11.5 Å². The fourth-order valence-electron chi connectivity index (χ4n) is 3.38. The molecule has 0 aliphatic carbocycles. The van der Waals surface area contributed by atoms with Crippen molar-refractivity contribution in [1.82, 2.24) is 14.8 Å². The van der Waals surface area contributed by atoms with Crippen molar-refractivity contribution in [2.45, 2.75) is 19.0 Å². The average molecular weight is 384 g/mol. The van der Waals surface area contributed by atoms with E-state index in [1.807, 2.05) is 30.3 Å². The number of nitrogens with one attached hydrogen (secondary N) is 1. The summed E-state index contributed by atoms with van der Waals surface area (Å²) in [5, 5.41) is 3.47. The van der Waals surface area contributed by atoms with Crippen molar-refractivity contribution < 1.29 is 14.3 Å². The van der Waals surface area contributed by atoms with E-state index >= 15 is 0 Å². The van der Waals surface area contributed by atoms with Gasteiger partial charge in [-0.25, -0.2) is 4.98 Å². The van der Waals surface area contributed by atoms with Crippen LogP contribution in [0.1, 0.15) is 22.3 Å². The molecule has 1 N–H and O–H groups in total. The zero-order valence-corrected chi connectivity index (χ0v) is 16.9. The Morgan fingerprint density at radius 3 is 2.50 bits per heavy atom. The summed E-state index contributed by atoms with van der Waals surface area (Å²) in [6.45, 7) is 2.78. The summed E-state index contributed by atoms with van der Waals surface area (Å²) < 4.78 is 10.7. The van der Waals surface area contributed by atoms with Crippen LogP contribution in [0.5, 0.6) is 11.5 Å². The minimum atomic E-state index is -0.0418. The summed E-state index contributed by atoms with van der Waals surface area (Å²) in [5.74, 6) is 2.37. The van der Waals surface area contributed by atoms with E-state index in [1.165, 1.54) is 5.56 Å². The number of pyridine rings is 1. The van der Waals surface area contributed by atoms with Crippen molar-refractivity contribution >= 4 is 11.7 Å². The van der Waals surface area contributed by atoms with Crippen molar-refractivity contribution in [3.05, 3.63) is 47.7 Å². The maximum atomic E-state index is 11.9. The van der Waals surface area contributed by atoms with E-state index in [0.717, 1.165) is 43.4 Å². The van der Waals surface area contributed by atoms with Gasteiger partial charge in [-0.05, 0) is 36.2 Å². The van der Waals surface area contributed by atoms with Crippen molar-refractivity contribution in [3.63, 3.8) is 0 Å². The lowest BCUT2D eigenvalue weighted by atomic mass is 10.2. The van der Waals surface area contributed by atoms with Crippen molar-refractivity contribution in [1.29, 1.82) is 0 Å². The smallest absolute Gasteiger partial charge is 0.254 e. The van der Waals surface area contributed by atoms with Gasteiger partial charge in [0.2, 0.25) is 0 Å². The minimum absolute atomic E-state index is 0.0418. The third-order valence-electron chi connectivity index (χ3n) is 4.86. The zero-order valence-electron chi connectivity index (χ0n) is 16.9. The van der Waals surface area contributed by atoms with Crippen LogP contribution in [0.25, 0.3) is 0 Å². The van der Waals surface area contributed by atoms with Crippen molar-refractivity contribution in [2.24, 2.45) is 0 Å². The lowest BCUT2D eigenvalue weighted by Crippen LogP contribution is -2.26. The Bertz CT molecular complexity index is 786. The lowest BCUT2D eigenvalue weighted by Gasteiger charge is -2.18. The number of hydrogen-bond donors (Lipinski definition) is 1. The van der Waals surface area contributed by atoms with Gasteiger partial charge in [0.05, 0.1) is 19.8 Å². The molecule has 0 spiro atoms. The number of hydrogen-bond acceptors (Lipinski definition) is 6. The molecule has 0 bridgehead atoms. The molecule has 0 radical (unpaired) electrons. The minimum Gasteiger partial charge on any atom is -0.497 e. The predicted molar refractivity (Wildman–Crippen MR) is 109 cm³/mol. The second kappa shape index (κ2) is 8.93. The van der Waals surface area contributed by atoms with Crippen LogP contribution in [0.2, 0.25) is 0 Å². The molecule has 1 amide bonds. The van der Waals surface area contributed by atoms with E-state index in [2.05, 4.69) is 15.2 Å². The molecule has 1 unspecified atom stereocenters. The fraction of sp³-hybridized carbons (Fsp3) is 0.429. The number of likely N-dealkylation sites (tertiary alicyclic amines) is 1. The van der Waals surface area contributed by atoms with Gasteiger partial charge in [0.1, 0.15) is 17.3 Å². The number of ether oxygens (including phenoxy) is 2. The van der Waals surface area contributed by atoms with Gasteiger partial charge in [0.15, 0.2) is 0 Å². The quantitative estimate of drug-likeness (QED) is 0.791. The third kappa shape index (κ3) is 4.92. The fourth-order valence-corrected chi connectivity index (χ4v) is 3.38. The highest BCUT2D eigenvalue weighted by Gasteiger charge is 2.23. The van der Waals surface area contributed by atoms with Crippen LogP contribution in [0.15, 0.2) is 36.5 Å². The second-order valence-corrected chi connectivity index (χ2v) is 7.22. The summed E-state index contributed by atoms with van der Waals surface area (Å²) in [5.41, 5.74) is 1.76. The normalized spacial score (nSPS) is 16.6. The Balaban J connectivity index is 1.56. The van der Waals surface area contributed by atoms with Crippen LogP contribution in [-0.2, 0) is 6.54 Å². The number of carbonyl (C=O) groups is 1. The molecular weight excluding hydrogens is 356 g/mol. The molecule has 7 nitrogen and oxygen atoms in total. The van der Waals surface area contributed by atoms with E-state index < -0.39 is 0 Å². The van der Waals surface area contributed by atoms with Gasteiger partial charge in [-0.15, -0.1) is 0 Å². The summed E-state index contributed by atoms with van der Waals surface area (Å²) in [4.78, 5) is 20.3. The van der Waals surface area contributed by atoms with E-state index in [1.54, 1.807) is 39.4 Å². The summed E-state index contributed by atoms with van der Waals surface area (Å²) in [6, 6.07) is 9.99. The molecule has 1 fully saturated rings. The monoisotopic (exact) mass is 384 g/mol. The molecule has 1 saturated heterocycles. The van der Waals surface area contributed by atoms with Crippen LogP contribution >= 0.6 is 0 Å². The van der Waals surface area contributed by atoms with E-state index in [9.17, 15) is 4.79 Å². The maximum absolute atomic E-state index is 11.9. The molecule has 1 aliphatic heterocycles. The lowest BCUT2D eigenvalue weighted by molar-refractivity contribution is 0.0827.